The van der Waals surface area contributed by atoms with Crippen molar-refractivity contribution >= 4 is 35.4 Å². The number of phenolic OH excluding ortho intramolecular Hbond substituents is 1. The van der Waals surface area contributed by atoms with Gasteiger partial charge in [-0.05, 0) is 12.1 Å². The lowest BCUT2D eigenvalue weighted by molar-refractivity contribution is 0.475. The number of hydrazone groups is 1. The SMILES string of the molecule is N#Cc1c(-c2ccccc2)nc(NN=Cc2cc(Cl)cc(Cl)c2O)[nH]c1=O. The Balaban J connectivity index is 1.94. The number of phenols is 1. The molecule has 0 saturated carbocycles. The molecule has 3 N–H and O–H groups in total. The maximum Gasteiger partial charge on any atom is 0.270 e. The van der Waals surface area contributed by atoms with Gasteiger partial charge < -0.3 is 5.11 Å². The molecule has 9 heteroatoms. The van der Waals surface area contributed by atoms with Crippen LogP contribution in [0.2, 0.25) is 10.0 Å². The van der Waals surface area contributed by atoms with Gasteiger partial charge in [0.05, 0.1) is 16.9 Å². The van der Waals surface area contributed by atoms with Crippen LogP contribution >= 0.6 is 23.2 Å². The van der Waals surface area contributed by atoms with Crippen LogP contribution in [0.1, 0.15) is 11.1 Å². The monoisotopic (exact) mass is 399 g/mol. The summed E-state index contributed by atoms with van der Waals surface area (Å²) in [6.45, 7) is 0. The highest BCUT2D eigenvalue weighted by Gasteiger charge is 2.13. The molecule has 2 aromatic carbocycles. The molecule has 0 atom stereocenters. The number of nitrogens with one attached hydrogen (secondary N) is 2. The molecule has 0 amide bonds. The van der Waals surface area contributed by atoms with E-state index in [2.05, 4.69) is 20.5 Å². The Morgan fingerprint density at radius 2 is 2.00 bits per heavy atom. The van der Waals surface area contributed by atoms with Crippen LogP contribution in [0, 0.1) is 11.3 Å². The van der Waals surface area contributed by atoms with Crippen LogP contribution in [0.4, 0.5) is 5.95 Å². The number of aromatic hydroxyl groups is 1. The molecule has 1 heterocycles. The number of rotatable bonds is 4. The number of aromatic nitrogens is 2. The molecule has 0 fully saturated rings. The number of hydrogen-bond acceptors (Lipinski definition) is 6. The second kappa shape index (κ2) is 7.91. The van der Waals surface area contributed by atoms with Gasteiger partial charge in [0, 0.05) is 16.1 Å². The van der Waals surface area contributed by atoms with Crippen LogP contribution in [0.5, 0.6) is 5.75 Å². The highest BCUT2D eigenvalue weighted by atomic mass is 35.5. The molecule has 0 unspecified atom stereocenters. The van der Waals surface area contributed by atoms with E-state index in [1.54, 1.807) is 24.3 Å². The highest BCUT2D eigenvalue weighted by Crippen LogP contribution is 2.30. The van der Waals surface area contributed by atoms with Gasteiger partial charge in [0.2, 0.25) is 5.95 Å². The minimum atomic E-state index is -0.599. The number of nitriles is 1. The van der Waals surface area contributed by atoms with E-state index < -0.39 is 5.56 Å². The van der Waals surface area contributed by atoms with Crippen LogP contribution in [-0.2, 0) is 0 Å². The average molecular weight is 400 g/mol. The summed E-state index contributed by atoms with van der Waals surface area (Å²) in [6, 6.07) is 13.6. The van der Waals surface area contributed by atoms with Crippen molar-refractivity contribution in [1.29, 1.82) is 5.26 Å². The molecule has 1 aromatic heterocycles. The Labute approximate surface area is 163 Å². The third kappa shape index (κ3) is 4.08. The zero-order valence-corrected chi connectivity index (χ0v) is 15.1. The number of H-pyrrole nitrogens is 1. The smallest absolute Gasteiger partial charge is 0.270 e. The van der Waals surface area contributed by atoms with Crippen molar-refractivity contribution in [2.24, 2.45) is 5.10 Å². The lowest BCUT2D eigenvalue weighted by Crippen LogP contribution is -2.16. The van der Waals surface area contributed by atoms with Gasteiger partial charge in [0.15, 0.2) is 0 Å². The average Bonchev–Trinajstić information content (AvgIpc) is 2.66. The Morgan fingerprint density at radius 3 is 2.70 bits per heavy atom. The molecule has 0 aliphatic carbocycles. The first kappa shape index (κ1) is 18.5. The maximum absolute atomic E-state index is 12.2. The predicted molar refractivity (Wildman–Crippen MR) is 104 cm³/mol. The molecule has 0 spiro atoms. The second-order valence-corrected chi connectivity index (χ2v) is 6.16. The number of nitrogens with zero attached hydrogens (tertiary/aromatic N) is 3. The number of benzene rings is 2. The zero-order valence-electron chi connectivity index (χ0n) is 13.6. The lowest BCUT2D eigenvalue weighted by Gasteiger charge is -2.06. The van der Waals surface area contributed by atoms with Crippen LogP contribution in [0.3, 0.4) is 0 Å². The number of aromatic amines is 1. The summed E-state index contributed by atoms with van der Waals surface area (Å²) < 4.78 is 0. The molecule has 27 heavy (non-hydrogen) atoms. The standard InChI is InChI=1S/C18H11Cl2N5O2/c19-12-6-11(16(26)14(20)7-12)9-22-25-18-23-15(10-4-2-1-3-5-10)13(8-21)17(27)24-18/h1-7,9,26H,(H2,23,24,25,27). The van der Waals surface area contributed by atoms with Crippen molar-refractivity contribution in [3.63, 3.8) is 0 Å². The second-order valence-electron chi connectivity index (χ2n) is 5.31. The van der Waals surface area contributed by atoms with Crippen molar-refractivity contribution in [2.75, 3.05) is 5.43 Å². The van der Waals surface area contributed by atoms with Crippen molar-refractivity contribution in [2.45, 2.75) is 0 Å². The summed E-state index contributed by atoms with van der Waals surface area (Å²) >= 11 is 11.7. The molecule has 3 aromatic rings. The van der Waals surface area contributed by atoms with Crippen molar-refractivity contribution in [3.8, 4) is 23.1 Å². The van der Waals surface area contributed by atoms with E-state index >= 15 is 0 Å². The van der Waals surface area contributed by atoms with Gasteiger partial charge >= 0.3 is 0 Å². The largest absolute Gasteiger partial charge is 0.506 e. The fourth-order valence-electron chi connectivity index (χ4n) is 2.28. The molecule has 0 aliphatic rings. The lowest BCUT2D eigenvalue weighted by atomic mass is 10.1. The fourth-order valence-corrected chi connectivity index (χ4v) is 2.79. The normalized spacial score (nSPS) is 10.7. The summed E-state index contributed by atoms with van der Waals surface area (Å²) in [5, 5.41) is 23.5. The van der Waals surface area contributed by atoms with Gasteiger partial charge in [0.25, 0.3) is 5.56 Å². The first-order chi connectivity index (χ1) is 13.0. The van der Waals surface area contributed by atoms with Gasteiger partial charge in [-0.3, -0.25) is 9.78 Å². The molecular weight excluding hydrogens is 389 g/mol. The maximum atomic E-state index is 12.2. The first-order valence-electron chi connectivity index (χ1n) is 7.56. The van der Waals surface area contributed by atoms with Gasteiger partial charge in [-0.15, -0.1) is 0 Å². The third-order valence-electron chi connectivity index (χ3n) is 3.51. The molecular formula is C18H11Cl2N5O2. The Hall–Kier alpha value is -3.34. The molecule has 0 bridgehead atoms. The third-order valence-corrected chi connectivity index (χ3v) is 4.02. The van der Waals surface area contributed by atoms with Crippen molar-refractivity contribution in [3.05, 3.63) is 74.0 Å². The van der Waals surface area contributed by atoms with Crippen LogP contribution in [-0.4, -0.2) is 21.3 Å². The Bertz CT molecular complexity index is 1120. The van der Waals surface area contributed by atoms with E-state index in [9.17, 15) is 15.2 Å². The van der Waals surface area contributed by atoms with E-state index in [-0.39, 0.29) is 33.5 Å². The predicted octanol–water partition coefficient (Wildman–Crippen LogP) is 3.77. The molecule has 0 radical (unpaired) electrons. The van der Waals surface area contributed by atoms with Crippen LogP contribution in [0.25, 0.3) is 11.3 Å². The Kier molecular flexibility index (Phi) is 5.41. The van der Waals surface area contributed by atoms with Gasteiger partial charge in [-0.2, -0.15) is 10.4 Å². The number of halogens is 2. The van der Waals surface area contributed by atoms with Gasteiger partial charge in [-0.25, -0.2) is 10.4 Å². The Morgan fingerprint density at radius 1 is 1.26 bits per heavy atom. The van der Waals surface area contributed by atoms with E-state index in [0.717, 1.165) is 0 Å². The quantitative estimate of drug-likeness (QED) is 0.456. The van der Waals surface area contributed by atoms with Crippen molar-refractivity contribution in [1.82, 2.24) is 9.97 Å². The summed E-state index contributed by atoms with van der Waals surface area (Å²) in [6.07, 6.45) is 1.27. The van der Waals surface area contributed by atoms with E-state index in [1.807, 2.05) is 12.1 Å². The van der Waals surface area contributed by atoms with Gasteiger partial charge in [-0.1, -0.05) is 53.5 Å². The van der Waals surface area contributed by atoms with Crippen LogP contribution < -0.4 is 11.0 Å². The van der Waals surface area contributed by atoms with Crippen molar-refractivity contribution < 1.29 is 5.11 Å². The fraction of sp³-hybridized carbons (Fsp3) is 0. The molecule has 0 aliphatic heterocycles. The summed E-state index contributed by atoms with van der Waals surface area (Å²) in [7, 11) is 0. The van der Waals surface area contributed by atoms with E-state index in [1.165, 1.54) is 18.3 Å². The minimum Gasteiger partial charge on any atom is -0.506 e. The first-order valence-corrected chi connectivity index (χ1v) is 8.32. The van der Waals surface area contributed by atoms with E-state index in [4.69, 9.17) is 23.2 Å². The molecule has 0 saturated heterocycles. The van der Waals surface area contributed by atoms with Gasteiger partial charge in [0.1, 0.15) is 17.4 Å². The molecule has 3 rings (SSSR count). The topological polar surface area (TPSA) is 114 Å². The number of hydrogen-bond donors (Lipinski definition) is 3. The zero-order chi connectivity index (χ0) is 19.4. The summed E-state index contributed by atoms with van der Waals surface area (Å²) in [4.78, 5) is 18.8. The summed E-state index contributed by atoms with van der Waals surface area (Å²) in [5.74, 6) is -0.153. The van der Waals surface area contributed by atoms with Crippen LogP contribution in [0.15, 0.2) is 52.4 Å². The highest BCUT2D eigenvalue weighted by molar-refractivity contribution is 6.36. The van der Waals surface area contributed by atoms with E-state index in [0.29, 0.717) is 10.6 Å². The molecule has 134 valence electrons. The summed E-state index contributed by atoms with van der Waals surface area (Å²) in [5.41, 5.74) is 2.98. The number of anilines is 1. The minimum absolute atomic E-state index is 0.0294. The molecule has 7 nitrogen and oxygen atoms in total.